The predicted molar refractivity (Wildman–Crippen MR) is 94.7 cm³/mol. The van der Waals surface area contributed by atoms with Gasteiger partial charge in [0.25, 0.3) is 11.8 Å². The fourth-order valence-electron chi connectivity index (χ4n) is 3.27. The van der Waals surface area contributed by atoms with E-state index in [1.54, 1.807) is 6.92 Å². The van der Waals surface area contributed by atoms with Gasteiger partial charge in [-0.25, -0.2) is 4.98 Å². The second kappa shape index (κ2) is 8.17. The number of alkyl halides is 6. The molecule has 31 heavy (non-hydrogen) atoms. The molecule has 2 aromatic heterocycles. The normalized spacial score (nSPS) is 23.2. The van der Waals surface area contributed by atoms with Crippen LogP contribution in [0.15, 0.2) is 10.5 Å². The zero-order chi connectivity index (χ0) is 23.0. The number of pyridine rings is 1. The van der Waals surface area contributed by atoms with E-state index >= 15 is 0 Å². The highest BCUT2D eigenvalue weighted by Gasteiger charge is 2.58. The maximum Gasteiger partial charge on any atom is 0.426 e. The van der Waals surface area contributed by atoms with Crippen LogP contribution in [0, 0.1) is 0 Å². The number of aromatic nitrogens is 3. The first-order valence-corrected chi connectivity index (χ1v) is 9.54. The molecule has 1 aliphatic heterocycles. The van der Waals surface area contributed by atoms with Crippen LogP contribution in [-0.4, -0.2) is 32.6 Å². The van der Waals surface area contributed by atoms with Crippen LogP contribution in [0.5, 0.6) is 5.88 Å². The lowest BCUT2D eigenvalue weighted by Gasteiger charge is -2.27. The van der Waals surface area contributed by atoms with Crippen molar-refractivity contribution in [1.29, 1.82) is 0 Å². The first-order valence-electron chi connectivity index (χ1n) is 9.54. The minimum absolute atomic E-state index is 0.0381. The van der Waals surface area contributed by atoms with E-state index in [-0.39, 0.29) is 19.3 Å². The van der Waals surface area contributed by atoms with Gasteiger partial charge < -0.3 is 20.0 Å². The summed E-state index contributed by atoms with van der Waals surface area (Å²) >= 11 is 0. The number of halogens is 6. The molecule has 4 bridgehead atoms. The van der Waals surface area contributed by atoms with E-state index in [4.69, 9.17) is 14.9 Å². The summed E-state index contributed by atoms with van der Waals surface area (Å²) in [6.07, 6.45) is -10.1. The van der Waals surface area contributed by atoms with Crippen molar-refractivity contribution in [2.75, 3.05) is 5.73 Å². The Morgan fingerprint density at radius 1 is 1.16 bits per heavy atom. The van der Waals surface area contributed by atoms with Crippen molar-refractivity contribution in [3.63, 3.8) is 0 Å². The van der Waals surface area contributed by atoms with Gasteiger partial charge in [0.15, 0.2) is 5.69 Å². The minimum Gasteiger partial charge on any atom is -0.474 e. The Morgan fingerprint density at radius 3 is 2.48 bits per heavy atom. The van der Waals surface area contributed by atoms with Crippen molar-refractivity contribution in [2.24, 2.45) is 0 Å². The van der Waals surface area contributed by atoms with Crippen molar-refractivity contribution in [3.8, 4) is 17.5 Å². The van der Waals surface area contributed by atoms with Crippen molar-refractivity contribution in [3.05, 3.63) is 17.5 Å². The fourth-order valence-corrected chi connectivity index (χ4v) is 3.27. The summed E-state index contributed by atoms with van der Waals surface area (Å²) in [6, 6.07) is 0.552. The van der Waals surface area contributed by atoms with E-state index in [1.165, 1.54) is 0 Å². The van der Waals surface area contributed by atoms with Crippen LogP contribution in [-0.2, 0) is 11.8 Å². The van der Waals surface area contributed by atoms with Gasteiger partial charge in [-0.3, -0.25) is 0 Å². The van der Waals surface area contributed by atoms with Gasteiger partial charge in [-0.2, -0.15) is 26.3 Å². The summed E-state index contributed by atoms with van der Waals surface area (Å²) in [5.41, 5.74) is -0.00702. The van der Waals surface area contributed by atoms with Crippen LogP contribution in [0.4, 0.5) is 32.0 Å². The lowest BCUT2D eigenvalue weighted by Crippen LogP contribution is -2.42. The molecule has 0 amide bonds. The zero-order valence-corrected chi connectivity index (χ0v) is 16.3. The zero-order valence-electron chi connectivity index (χ0n) is 16.3. The molecule has 0 aromatic carbocycles. The molecule has 0 spiro atoms. The number of ether oxygens (including phenoxy) is 1. The Morgan fingerprint density at radius 2 is 1.87 bits per heavy atom. The lowest BCUT2D eigenvalue weighted by molar-refractivity contribution is -0.277. The Labute approximate surface area is 172 Å². The topological polar surface area (TPSA) is 107 Å². The van der Waals surface area contributed by atoms with Gasteiger partial charge in [0.1, 0.15) is 11.7 Å². The van der Waals surface area contributed by atoms with Gasteiger partial charge in [-0.05, 0) is 38.2 Å². The predicted octanol–water partition coefficient (Wildman–Crippen LogP) is 4.60. The molecule has 3 N–H and O–H groups in total. The van der Waals surface area contributed by atoms with Crippen LogP contribution >= 0.6 is 0 Å². The lowest BCUT2D eigenvalue weighted by atomic mass is 9.94. The monoisotopic (exact) mass is 454 g/mol. The number of nitrogen functional groups attached to an aromatic ring is 1. The number of anilines is 1. The molecule has 0 radical (unpaired) electrons. The molecule has 0 saturated heterocycles. The van der Waals surface area contributed by atoms with E-state index in [2.05, 4.69) is 15.2 Å². The van der Waals surface area contributed by atoms with Crippen LogP contribution in [0.3, 0.4) is 0 Å². The number of hydrogen-bond acceptors (Lipinski definition) is 7. The summed E-state index contributed by atoms with van der Waals surface area (Å²) in [6.45, 7) is 1.70. The third-order valence-electron chi connectivity index (χ3n) is 5.07. The van der Waals surface area contributed by atoms with Gasteiger partial charge in [0.2, 0.25) is 11.5 Å². The highest BCUT2D eigenvalue weighted by atomic mass is 19.4. The molecule has 0 fully saturated rings. The van der Waals surface area contributed by atoms with Gasteiger partial charge in [0.05, 0.1) is 5.69 Å². The Bertz CT molecular complexity index is 930. The van der Waals surface area contributed by atoms with E-state index < -0.39 is 65.1 Å². The number of fused-ring (bicyclic) bond motifs is 5. The summed E-state index contributed by atoms with van der Waals surface area (Å²) in [4.78, 5) is 3.75. The smallest absolute Gasteiger partial charge is 0.426 e. The molecular weight excluding hydrogens is 434 g/mol. The van der Waals surface area contributed by atoms with Crippen LogP contribution in [0.2, 0.25) is 0 Å². The molecule has 1 aliphatic rings. The largest absolute Gasteiger partial charge is 0.474 e. The Hall–Kier alpha value is -2.57. The Balaban J connectivity index is 2.18. The van der Waals surface area contributed by atoms with Gasteiger partial charge in [-0.1, -0.05) is 13.3 Å². The summed E-state index contributed by atoms with van der Waals surface area (Å²) in [5, 5.41) is 17.0. The highest BCUT2D eigenvalue weighted by Crippen LogP contribution is 2.44. The van der Waals surface area contributed by atoms with Crippen LogP contribution in [0.25, 0.3) is 11.6 Å². The quantitative estimate of drug-likeness (QED) is 0.606. The molecule has 3 heterocycles. The average molecular weight is 454 g/mol. The maximum absolute atomic E-state index is 13.6. The third kappa shape index (κ3) is 4.55. The molecule has 0 unspecified atom stereocenters. The van der Waals surface area contributed by atoms with Gasteiger partial charge in [0, 0.05) is 0 Å². The SMILES string of the molecule is CC[C@@H]1CCCCC[C@](O)(C(F)(F)F)c2nnc(o2)-c2nc(c(C(F)(F)F)cc2N)O1. The van der Waals surface area contributed by atoms with Crippen LogP contribution < -0.4 is 10.5 Å². The number of hydrogen-bond donors (Lipinski definition) is 2. The second-order valence-corrected chi connectivity index (χ2v) is 7.29. The summed E-state index contributed by atoms with van der Waals surface area (Å²) in [5.74, 6) is -2.59. The number of rotatable bonds is 1. The molecule has 7 nitrogen and oxygen atoms in total. The molecule has 172 valence electrons. The molecule has 2 atom stereocenters. The van der Waals surface area contributed by atoms with Gasteiger partial charge >= 0.3 is 12.4 Å². The number of nitrogens with zero attached hydrogens (tertiary/aromatic N) is 3. The van der Waals surface area contributed by atoms with Crippen LogP contribution in [0.1, 0.15) is 56.9 Å². The standard InChI is InChI=1S/C18H20F6N4O3/c1-2-9-6-4-3-5-7-16(29,18(22,23)24)15-28-27-14(31-15)12-11(25)8-10(17(19,20)21)13(26-12)30-9/h8-9,29H,2-7,25H2,1H3/t9-,16-/m1/s1. The first kappa shape index (κ1) is 23.1. The first-order chi connectivity index (χ1) is 14.4. The summed E-state index contributed by atoms with van der Waals surface area (Å²) < 4.78 is 91.8. The average Bonchev–Trinajstić information content (AvgIpc) is 3.15. The maximum atomic E-state index is 13.6. The van der Waals surface area contributed by atoms with Gasteiger partial charge in [-0.15, -0.1) is 10.2 Å². The third-order valence-corrected chi connectivity index (χ3v) is 5.07. The highest BCUT2D eigenvalue weighted by molar-refractivity contribution is 5.68. The van der Waals surface area contributed by atoms with E-state index in [0.717, 1.165) is 0 Å². The Kier molecular flexibility index (Phi) is 6.09. The second-order valence-electron chi connectivity index (χ2n) is 7.29. The van der Waals surface area contributed by atoms with Crippen molar-refractivity contribution in [1.82, 2.24) is 15.2 Å². The van der Waals surface area contributed by atoms with Crippen molar-refractivity contribution in [2.45, 2.75) is 69.5 Å². The number of nitrogens with two attached hydrogens (primary N) is 1. The van der Waals surface area contributed by atoms with E-state index in [0.29, 0.717) is 18.9 Å². The fraction of sp³-hybridized carbons (Fsp3) is 0.611. The molecule has 2 aromatic rings. The molecule has 0 saturated carbocycles. The molecule has 3 rings (SSSR count). The molecular formula is C18H20F6N4O3. The van der Waals surface area contributed by atoms with E-state index in [9.17, 15) is 31.4 Å². The molecule has 13 heteroatoms. The van der Waals surface area contributed by atoms with Crippen molar-refractivity contribution >= 4 is 5.69 Å². The minimum atomic E-state index is -5.12. The van der Waals surface area contributed by atoms with E-state index in [1.807, 2.05) is 0 Å². The molecule has 0 aliphatic carbocycles. The van der Waals surface area contributed by atoms with Crippen molar-refractivity contribution < 1.29 is 40.6 Å². The number of aliphatic hydroxyl groups is 1. The summed E-state index contributed by atoms with van der Waals surface area (Å²) in [7, 11) is 0.